The van der Waals surface area contributed by atoms with E-state index in [-0.39, 0.29) is 39.6 Å². The van der Waals surface area contributed by atoms with Gasteiger partial charge in [-0.1, -0.05) is 6.07 Å². The Labute approximate surface area is 192 Å². The van der Waals surface area contributed by atoms with E-state index >= 15 is 0 Å². The monoisotopic (exact) mass is 459 g/mol. The van der Waals surface area contributed by atoms with Crippen LogP contribution in [0.2, 0.25) is 0 Å². The first-order valence-electron chi connectivity index (χ1n) is 10.4. The molecule has 1 amide bonds. The lowest BCUT2D eigenvalue weighted by molar-refractivity contribution is 0.0970. The largest absolute Gasteiger partial charge is 0.504 e. The van der Waals surface area contributed by atoms with Gasteiger partial charge < -0.3 is 14.3 Å². The number of halogens is 1. The SMILES string of the molecule is COc1cc(C2c3c(oc4ccc(F)cc4c3=O)C(=O)N2c2ccc(C(C)=O)cc2)ccc1O. The van der Waals surface area contributed by atoms with Gasteiger partial charge in [0, 0.05) is 11.3 Å². The molecule has 0 spiro atoms. The summed E-state index contributed by atoms with van der Waals surface area (Å²) in [4.78, 5) is 40.2. The highest BCUT2D eigenvalue weighted by atomic mass is 19.1. The number of rotatable bonds is 4. The average molecular weight is 459 g/mol. The first-order valence-corrected chi connectivity index (χ1v) is 10.4. The topological polar surface area (TPSA) is 97.0 Å². The van der Waals surface area contributed by atoms with Crippen molar-refractivity contribution in [3.63, 3.8) is 0 Å². The maximum atomic E-state index is 13.9. The van der Waals surface area contributed by atoms with Gasteiger partial charge in [0.1, 0.15) is 11.4 Å². The van der Waals surface area contributed by atoms with Crippen molar-refractivity contribution >= 4 is 28.3 Å². The number of anilines is 1. The zero-order valence-corrected chi connectivity index (χ0v) is 18.2. The number of aromatic hydroxyl groups is 1. The number of carbonyl (C=O) groups is 2. The van der Waals surface area contributed by atoms with Crippen molar-refractivity contribution < 1.29 is 28.2 Å². The summed E-state index contributed by atoms with van der Waals surface area (Å²) in [5.74, 6) is -1.42. The van der Waals surface area contributed by atoms with Gasteiger partial charge in [0.2, 0.25) is 5.76 Å². The molecular weight excluding hydrogens is 441 g/mol. The summed E-state index contributed by atoms with van der Waals surface area (Å²) >= 11 is 0. The van der Waals surface area contributed by atoms with Crippen LogP contribution in [0.25, 0.3) is 11.0 Å². The maximum absolute atomic E-state index is 13.9. The molecule has 34 heavy (non-hydrogen) atoms. The standard InChI is InChI=1S/C26H18FNO6/c1-13(29)14-3-7-17(8-4-14)28-23(15-5-9-19(30)21(11-15)33-2)22-24(31)18-12-16(27)6-10-20(18)34-25(22)26(28)32/h3-12,23,30H,1-2H3. The van der Waals surface area contributed by atoms with Gasteiger partial charge in [-0.25, -0.2) is 4.39 Å². The second-order valence-electron chi connectivity index (χ2n) is 7.93. The molecule has 7 nitrogen and oxygen atoms in total. The number of phenols is 1. The minimum Gasteiger partial charge on any atom is -0.504 e. The van der Waals surface area contributed by atoms with Crippen LogP contribution in [0.5, 0.6) is 11.5 Å². The van der Waals surface area contributed by atoms with Crippen molar-refractivity contribution in [2.75, 3.05) is 12.0 Å². The molecule has 3 aromatic carbocycles. The number of benzene rings is 3. The molecule has 2 heterocycles. The summed E-state index contributed by atoms with van der Waals surface area (Å²) in [5, 5.41) is 10.1. The molecule has 8 heteroatoms. The number of fused-ring (bicyclic) bond motifs is 2. The highest BCUT2D eigenvalue weighted by Crippen LogP contribution is 2.43. The van der Waals surface area contributed by atoms with E-state index in [2.05, 4.69) is 0 Å². The van der Waals surface area contributed by atoms with Crippen molar-refractivity contribution in [1.29, 1.82) is 0 Å². The highest BCUT2D eigenvalue weighted by molar-refractivity contribution is 6.11. The fraction of sp³-hybridized carbons (Fsp3) is 0.115. The summed E-state index contributed by atoms with van der Waals surface area (Å²) in [6, 6.07) is 13.5. The number of ether oxygens (including phenoxy) is 1. The second kappa shape index (κ2) is 7.84. The van der Waals surface area contributed by atoms with E-state index in [9.17, 15) is 23.9 Å². The Bertz CT molecular complexity index is 1540. The fourth-order valence-electron chi connectivity index (χ4n) is 4.25. The minimum absolute atomic E-state index is 0.0103. The zero-order chi connectivity index (χ0) is 24.1. The minimum atomic E-state index is -0.941. The number of Topliss-reactive ketones (excluding diaryl/α,β-unsaturated/α-hetero) is 1. The average Bonchev–Trinajstić information content (AvgIpc) is 3.12. The Morgan fingerprint density at radius 3 is 2.47 bits per heavy atom. The number of carbonyl (C=O) groups excluding carboxylic acids is 2. The molecule has 0 radical (unpaired) electrons. The van der Waals surface area contributed by atoms with Crippen molar-refractivity contribution in [1.82, 2.24) is 0 Å². The predicted molar refractivity (Wildman–Crippen MR) is 122 cm³/mol. The van der Waals surface area contributed by atoms with Crippen molar-refractivity contribution in [2.45, 2.75) is 13.0 Å². The number of hydrogen-bond acceptors (Lipinski definition) is 6. The van der Waals surface area contributed by atoms with Crippen LogP contribution in [-0.2, 0) is 0 Å². The van der Waals surface area contributed by atoms with Gasteiger partial charge in [-0.05, 0) is 67.1 Å². The number of hydrogen-bond donors (Lipinski definition) is 1. The lowest BCUT2D eigenvalue weighted by atomic mass is 9.97. The quantitative estimate of drug-likeness (QED) is 0.448. The molecular formula is C26H18FNO6. The van der Waals surface area contributed by atoms with Crippen LogP contribution in [-0.4, -0.2) is 23.9 Å². The van der Waals surface area contributed by atoms with E-state index in [4.69, 9.17) is 9.15 Å². The van der Waals surface area contributed by atoms with E-state index in [1.54, 1.807) is 30.3 Å². The molecule has 1 atom stereocenters. The maximum Gasteiger partial charge on any atom is 0.295 e. The van der Waals surface area contributed by atoms with Gasteiger partial charge in [0.05, 0.1) is 24.1 Å². The first-order chi connectivity index (χ1) is 16.3. The van der Waals surface area contributed by atoms with E-state index in [0.717, 1.165) is 12.1 Å². The molecule has 0 bridgehead atoms. The summed E-state index contributed by atoms with van der Waals surface area (Å²) in [7, 11) is 1.38. The van der Waals surface area contributed by atoms with E-state index in [0.29, 0.717) is 16.8 Å². The molecule has 1 N–H and O–H groups in total. The first kappa shape index (κ1) is 21.4. The Kier molecular flexibility index (Phi) is 4.93. The van der Waals surface area contributed by atoms with E-state index < -0.39 is 23.2 Å². The van der Waals surface area contributed by atoms with Crippen molar-refractivity contribution in [3.05, 3.63) is 99.2 Å². The van der Waals surface area contributed by atoms with Gasteiger partial charge in [-0.3, -0.25) is 19.3 Å². The lowest BCUT2D eigenvalue weighted by Gasteiger charge is -2.25. The van der Waals surface area contributed by atoms with Crippen LogP contribution in [0.3, 0.4) is 0 Å². The molecule has 1 aromatic heterocycles. The van der Waals surface area contributed by atoms with E-state index in [1.165, 1.54) is 37.1 Å². The van der Waals surface area contributed by atoms with Crippen LogP contribution in [0, 0.1) is 5.82 Å². The normalized spacial score (nSPS) is 15.0. The molecule has 1 unspecified atom stereocenters. The summed E-state index contributed by atoms with van der Waals surface area (Å²) in [6.45, 7) is 1.44. The van der Waals surface area contributed by atoms with E-state index in [1.807, 2.05) is 0 Å². The van der Waals surface area contributed by atoms with Gasteiger partial charge in [-0.15, -0.1) is 0 Å². The number of nitrogens with zero attached hydrogens (tertiary/aromatic N) is 1. The number of methoxy groups -OCH3 is 1. The zero-order valence-electron chi connectivity index (χ0n) is 18.2. The summed E-state index contributed by atoms with van der Waals surface area (Å²) in [5.41, 5.74) is 0.963. The molecule has 1 aliphatic rings. The molecule has 1 aliphatic heterocycles. The number of phenolic OH excluding ortho intramolecular Hbond substituents is 1. The third kappa shape index (κ3) is 3.23. The smallest absolute Gasteiger partial charge is 0.295 e. The predicted octanol–water partition coefficient (Wildman–Crippen LogP) is 4.60. The highest BCUT2D eigenvalue weighted by Gasteiger charge is 2.44. The van der Waals surface area contributed by atoms with Crippen LogP contribution >= 0.6 is 0 Å². The Morgan fingerprint density at radius 1 is 1.06 bits per heavy atom. The van der Waals surface area contributed by atoms with Gasteiger partial charge in [0.25, 0.3) is 5.91 Å². The number of amides is 1. The molecule has 0 aliphatic carbocycles. The third-order valence-electron chi connectivity index (χ3n) is 5.90. The molecule has 0 saturated heterocycles. The molecule has 5 rings (SSSR count). The Hall–Kier alpha value is -4.46. The van der Waals surface area contributed by atoms with Crippen LogP contribution in [0.4, 0.5) is 10.1 Å². The fourth-order valence-corrected chi connectivity index (χ4v) is 4.25. The Morgan fingerprint density at radius 2 is 1.79 bits per heavy atom. The third-order valence-corrected chi connectivity index (χ3v) is 5.90. The van der Waals surface area contributed by atoms with Crippen molar-refractivity contribution in [3.8, 4) is 11.5 Å². The van der Waals surface area contributed by atoms with Gasteiger partial charge >= 0.3 is 0 Å². The lowest BCUT2D eigenvalue weighted by Crippen LogP contribution is -2.29. The summed E-state index contributed by atoms with van der Waals surface area (Å²) in [6.07, 6.45) is 0. The van der Waals surface area contributed by atoms with Crippen LogP contribution < -0.4 is 15.1 Å². The van der Waals surface area contributed by atoms with Gasteiger partial charge in [-0.2, -0.15) is 0 Å². The van der Waals surface area contributed by atoms with Crippen LogP contribution in [0.1, 0.15) is 45.0 Å². The van der Waals surface area contributed by atoms with Crippen LogP contribution in [0.15, 0.2) is 69.9 Å². The number of ketones is 1. The molecule has 4 aromatic rings. The van der Waals surface area contributed by atoms with Crippen molar-refractivity contribution in [2.24, 2.45) is 0 Å². The molecule has 170 valence electrons. The molecule has 0 saturated carbocycles. The second-order valence-corrected chi connectivity index (χ2v) is 7.93. The molecule has 0 fully saturated rings. The Balaban J connectivity index is 1.79. The van der Waals surface area contributed by atoms with Gasteiger partial charge in [0.15, 0.2) is 22.7 Å². The summed E-state index contributed by atoms with van der Waals surface area (Å²) < 4.78 is 24.9.